The minimum Gasteiger partial charge on any atom is -0.451 e. The maximum atomic E-state index is 11.8. The maximum absolute atomic E-state index is 11.8. The Balaban J connectivity index is 1.84. The fourth-order valence-corrected chi connectivity index (χ4v) is 3.81. The van der Waals surface area contributed by atoms with Crippen molar-refractivity contribution in [1.29, 1.82) is 0 Å². The van der Waals surface area contributed by atoms with Crippen molar-refractivity contribution in [1.82, 2.24) is 4.90 Å². The van der Waals surface area contributed by atoms with Crippen LogP contribution in [0.1, 0.15) is 28.9 Å². The molecule has 19 heavy (non-hydrogen) atoms. The first kappa shape index (κ1) is 15.0. The van der Waals surface area contributed by atoms with Gasteiger partial charge in [0.15, 0.2) is 6.61 Å². The van der Waals surface area contributed by atoms with E-state index in [9.17, 15) is 9.59 Å². The molecule has 1 saturated heterocycles. The van der Waals surface area contributed by atoms with Crippen molar-refractivity contribution in [3.05, 3.63) is 19.2 Å². The average molecular weight is 411 g/mol. The van der Waals surface area contributed by atoms with Crippen molar-refractivity contribution < 1.29 is 14.3 Å². The van der Waals surface area contributed by atoms with E-state index >= 15 is 0 Å². The van der Waals surface area contributed by atoms with Gasteiger partial charge in [-0.25, -0.2) is 4.79 Å². The highest BCUT2D eigenvalue weighted by Crippen LogP contribution is 2.32. The van der Waals surface area contributed by atoms with Gasteiger partial charge in [-0.2, -0.15) is 0 Å². The smallest absolute Gasteiger partial charge is 0.348 e. The molecule has 0 bridgehead atoms. The summed E-state index contributed by atoms with van der Waals surface area (Å²) in [7, 11) is 0. The van der Waals surface area contributed by atoms with Crippen LogP contribution >= 0.6 is 43.2 Å². The number of likely N-dealkylation sites (tertiary alicyclic amines) is 1. The zero-order valence-corrected chi connectivity index (χ0v) is 14.1. The number of nitrogens with zero attached hydrogens (tertiary/aromatic N) is 1. The fourth-order valence-electron chi connectivity index (χ4n) is 1.88. The summed E-state index contributed by atoms with van der Waals surface area (Å²) in [5.74, 6) is -0.565. The third kappa shape index (κ3) is 4.03. The van der Waals surface area contributed by atoms with Crippen molar-refractivity contribution in [3.63, 3.8) is 0 Å². The number of ether oxygens (including phenoxy) is 1. The quantitative estimate of drug-likeness (QED) is 0.717. The molecule has 0 aliphatic carbocycles. The highest BCUT2D eigenvalue weighted by Gasteiger charge is 2.19. The lowest BCUT2D eigenvalue weighted by Crippen LogP contribution is -2.38. The van der Waals surface area contributed by atoms with Gasteiger partial charge >= 0.3 is 5.97 Å². The zero-order valence-electron chi connectivity index (χ0n) is 10.2. The van der Waals surface area contributed by atoms with Crippen LogP contribution in [0.4, 0.5) is 0 Å². The number of hydrogen-bond acceptors (Lipinski definition) is 4. The molecule has 0 atom stereocenters. The first-order valence-electron chi connectivity index (χ1n) is 5.97. The molecule has 1 fully saturated rings. The van der Waals surface area contributed by atoms with Gasteiger partial charge in [0.05, 0.1) is 3.79 Å². The highest BCUT2D eigenvalue weighted by atomic mass is 79.9. The first-order valence-corrected chi connectivity index (χ1v) is 8.38. The number of hydrogen-bond donors (Lipinski definition) is 0. The van der Waals surface area contributed by atoms with Crippen LogP contribution in [0.3, 0.4) is 0 Å². The molecule has 1 aromatic rings. The molecule has 1 aliphatic rings. The number of esters is 1. The summed E-state index contributed by atoms with van der Waals surface area (Å²) in [5.41, 5.74) is 0. The second-order valence-corrected chi connectivity index (χ2v) is 7.47. The summed E-state index contributed by atoms with van der Waals surface area (Å²) in [4.78, 5) is 25.9. The van der Waals surface area contributed by atoms with Crippen molar-refractivity contribution in [2.45, 2.75) is 19.3 Å². The number of rotatable bonds is 3. The lowest BCUT2D eigenvalue weighted by atomic mass is 10.1. The van der Waals surface area contributed by atoms with Gasteiger partial charge in [-0.15, -0.1) is 11.3 Å². The van der Waals surface area contributed by atoms with E-state index in [-0.39, 0.29) is 12.5 Å². The Labute approximate surface area is 132 Å². The van der Waals surface area contributed by atoms with E-state index < -0.39 is 5.97 Å². The summed E-state index contributed by atoms with van der Waals surface area (Å²) >= 11 is 7.90. The van der Waals surface area contributed by atoms with E-state index in [1.807, 2.05) is 0 Å². The highest BCUT2D eigenvalue weighted by molar-refractivity contribution is 9.13. The third-order valence-electron chi connectivity index (χ3n) is 2.88. The van der Waals surface area contributed by atoms with Crippen LogP contribution in [0.5, 0.6) is 0 Å². The lowest BCUT2D eigenvalue weighted by Gasteiger charge is -2.26. The molecule has 4 nitrogen and oxygen atoms in total. The lowest BCUT2D eigenvalue weighted by molar-refractivity contribution is -0.135. The van der Waals surface area contributed by atoms with Gasteiger partial charge in [-0.3, -0.25) is 4.79 Å². The average Bonchev–Trinajstić information content (AvgIpc) is 2.77. The van der Waals surface area contributed by atoms with Crippen LogP contribution < -0.4 is 0 Å². The van der Waals surface area contributed by atoms with E-state index in [2.05, 4.69) is 31.9 Å². The topological polar surface area (TPSA) is 46.6 Å². The second-order valence-electron chi connectivity index (χ2n) is 4.25. The van der Waals surface area contributed by atoms with Gasteiger partial charge in [-0.05, 0) is 57.2 Å². The number of carbonyl (C=O) groups is 2. The van der Waals surface area contributed by atoms with Gasteiger partial charge < -0.3 is 9.64 Å². The van der Waals surface area contributed by atoms with Crippen molar-refractivity contribution in [2.75, 3.05) is 19.7 Å². The molecule has 0 spiro atoms. The van der Waals surface area contributed by atoms with Gasteiger partial charge in [0, 0.05) is 17.6 Å². The first-order chi connectivity index (χ1) is 9.08. The minimum absolute atomic E-state index is 0.109. The number of piperidine rings is 1. The van der Waals surface area contributed by atoms with Crippen LogP contribution in [-0.4, -0.2) is 36.5 Å². The van der Waals surface area contributed by atoms with Crippen molar-refractivity contribution in [3.8, 4) is 0 Å². The van der Waals surface area contributed by atoms with Crippen LogP contribution in [0.25, 0.3) is 0 Å². The molecule has 7 heteroatoms. The Morgan fingerprint density at radius 3 is 2.53 bits per heavy atom. The maximum Gasteiger partial charge on any atom is 0.348 e. The van der Waals surface area contributed by atoms with Gasteiger partial charge in [0.1, 0.15) is 4.88 Å². The standard InChI is InChI=1S/C12H13Br2NO3S/c13-8-6-9(19-11(8)14)12(17)18-7-10(16)15-4-2-1-3-5-15/h6H,1-5,7H2. The fraction of sp³-hybridized carbons (Fsp3) is 0.500. The molecule has 2 rings (SSSR count). The molecule has 0 aromatic carbocycles. The number of carbonyl (C=O) groups excluding carboxylic acids is 2. The summed E-state index contributed by atoms with van der Waals surface area (Å²) < 4.78 is 6.70. The van der Waals surface area contributed by atoms with E-state index in [0.29, 0.717) is 4.88 Å². The molecular weight excluding hydrogens is 398 g/mol. The van der Waals surface area contributed by atoms with Crippen molar-refractivity contribution in [2.24, 2.45) is 0 Å². The van der Waals surface area contributed by atoms with Crippen molar-refractivity contribution >= 4 is 55.1 Å². The van der Waals surface area contributed by atoms with Crippen LogP contribution in [0.15, 0.2) is 14.3 Å². The number of thiophene rings is 1. The molecule has 2 heterocycles. The summed E-state index contributed by atoms with van der Waals surface area (Å²) in [5, 5.41) is 0. The Hall–Kier alpha value is -0.400. The Kier molecular flexibility index (Phi) is 5.41. The van der Waals surface area contributed by atoms with Crippen LogP contribution in [0, 0.1) is 0 Å². The Morgan fingerprint density at radius 2 is 1.95 bits per heavy atom. The van der Waals surface area contributed by atoms with E-state index in [1.54, 1.807) is 11.0 Å². The third-order valence-corrected chi connectivity index (χ3v) is 6.12. The molecule has 104 valence electrons. The molecule has 1 aliphatic heterocycles. The minimum atomic E-state index is -0.457. The normalized spacial score (nSPS) is 15.4. The largest absolute Gasteiger partial charge is 0.451 e. The molecule has 0 N–H and O–H groups in total. The SMILES string of the molecule is O=C(OCC(=O)N1CCCCC1)c1cc(Br)c(Br)s1. The Bertz CT molecular complexity index is 464. The van der Waals surface area contributed by atoms with Gasteiger partial charge in [0.25, 0.3) is 5.91 Å². The van der Waals surface area contributed by atoms with Gasteiger partial charge in [-0.1, -0.05) is 0 Å². The van der Waals surface area contributed by atoms with Crippen LogP contribution in [0.2, 0.25) is 0 Å². The predicted molar refractivity (Wildman–Crippen MR) is 80.4 cm³/mol. The zero-order chi connectivity index (χ0) is 13.8. The number of halogens is 2. The van der Waals surface area contributed by atoms with Gasteiger partial charge in [0.2, 0.25) is 0 Å². The summed E-state index contributed by atoms with van der Waals surface area (Å²) in [6.45, 7) is 1.37. The van der Waals surface area contributed by atoms with E-state index in [4.69, 9.17) is 4.74 Å². The molecular formula is C12H13Br2NO3S. The monoisotopic (exact) mass is 409 g/mol. The molecule has 0 saturated carbocycles. The molecule has 1 amide bonds. The molecule has 1 aromatic heterocycles. The Morgan fingerprint density at radius 1 is 1.26 bits per heavy atom. The second kappa shape index (κ2) is 6.85. The molecule has 0 radical (unpaired) electrons. The summed E-state index contributed by atoms with van der Waals surface area (Å²) in [6, 6.07) is 1.68. The summed E-state index contributed by atoms with van der Waals surface area (Å²) in [6.07, 6.45) is 3.23. The number of amides is 1. The van der Waals surface area contributed by atoms with Crippen LogP contribution in [-0.2, 0) is 9.53 Å². The molecule has 0 unspecified atom stereocenters. The predicted octanol–water partition coefficient (Wildman–Crippen LogP) is 3.44. The van der Waals surface area contributed by atoms with E-state index in [0.717, 1.165) is 34.2 Å². The van der Waals surface area contributed by atoms with E-state index in [1.165, 1.54) is 17.8 Å².